The van der Waals surface area contributed by atoms with Crippen LogP contribution < -0.4 is 10.2 Å². The van der Waals surface area contributed by atoms with E-state index >= 15 is 0 Å². The molecule has 4 rings (SSSR count). The van der Waals surface area contributed by atoms with Gasteiger partial charge in [0.25, 0.3) is 5.89 Å². The number of rotatable bonds is 5. The van der Waals surface area contributed by atoms with Crippen LogP contribution in [0.1, 0.15) is 18.7 Å². The van der Waals surface area contributed by atoms with Gasteiger partial charge in [0.2, 0.25) is 0 Å². The fourth-order valence-electron chi connectivity index (χ4n) is 3.07. The molecule has 1 atom stereocenters. The normalized spacial score (nSPS) is 17.6. The van der Waals surface area contributed by atoms with Crippen molar-refractivity contribution in [3.05, 3.63) is 54.5 Å². The highest BCUT2D eigenvalue weighted by atomic mass is 16.5. The molecule has 25 heavy (non-hydrogen) atoms. The van der Waals surface area contributed by atoms with E-state index < -0.39 is 0 Å². The van der Waals surface area contributed by atoms with Crippen LogP contribution in [0.2, 0.25) is 0 Å². The van der Waals surface area contributed by atoms with E-state index in [0.717, 1.165) is 37.3 Å². The lowest BCUT2D eigenvalue weighted by molar-refractivity contribution is 0.395. The number of hydrogen-bond donors (Lipinski definition) is 1. The summed E-state index contributed by atoms with van der Waals surface area (Å²) >= 11 is 0. The van der Waals surface area contributed by atoms with E-state index in [4.69, 9.17) is 4.52 Å². The molecule has 1 aliphatic heterocycles. The van der Waals surface area contributed by atoms with Gasteiger partial charge in [-0.15, -0.1) is 5.10 Å². The van der Waals surface area contributed by atoms with Gasteiger partial charge in [0.1, 0.15) is 0 Å². The molecule has 0 saturated carbocycles. The maximum atomic E-state index is 5.35. The molecule has 1 aliphatic rings. The Morgan fingerprint density at radius 1 is 1.16 bits per heavy atom. The molecule has 3 aromatic rings. The molecule has 128 valence electrons. The van der Waals surface area contributed by atoms with Gasteiger partial charge in [0.05, 0.1) is 6.54 Å². The quantitative estimate of drug-likeness (QED) is 0.765. The molecule has 0 aliphatic carbocycles. The van der Waals surface area contributed by atoms with Crippen molar-refractivity contribution in [1.29, 1.82) is 0 Å². The maximum absolute atomic E-state index is 5.35. The summed E-state index contributed by atoms with van der Waals surface area (Å²) in [4.78, 5) is 6.73. The van der Waals surface area contributed by atoms with Crippen LogP contribution in [-0.4, -0.2) is 39.5 Å². The number of anilines is 1. The van der Waals surface area contributed by atoms with Crippen LogP contribution >= 0.6 is 0 Å². The summed E-state index contributed by atoms with van der Waals surface area (Å²) < 4.78 is 5.35. The van der Waals surface area contributed by atoms with Gasteiger partial charge in [0, 0.05) is 30.9 Å². The van der Waals surface area contributed by atoms with Crippen LogP contribution in [0.15, 0.2) is 53.2 Å². The van der Waals surface area contributed by atoms with Gasteiger partial charge in [-0.2, -0.15) is 10.1 Å². The van der Waals surface area contributed by atoms with Crippen LogP contribution in [0.5, 0.6) is 0 Å². The molecule has 0 bridgehead atoms. The second kappa shape index (κ2) is 7.40. The highest BCUT2D eigenvalue weighted by molar-refractivity contribution is 5.51. The predicted molar refractivity (Wildman–Crippen MR) is 93.8 cm³/mol. The summed E-state index contributed by atoms with van der Waals surface area (Å²) in [6.07, 6.45) is 3.94. The van der Waals surface area contributed by atoms with E-state index in [0.29, 0.717) is 24.3 Å². The van der Waals surface area contributed by atoms with Crippen molar-refractivity contribution in [2.75, 3.05) is 18.0 Å². The Balaban J connectivity index is 1.35. The fourth-order valence-corrected chi connectivity index (χ4v) is 3.07. The molecule has 7 nitrogen and oxygen atoms in total. The zero-order chi connectivity index (χ0) is 16.9. The second-order valence-electron chi connectivity index (χ2n) is 6.13. The van der Waals surface area contributed by atoms with Gasteiger partial charge < -0.3 is 14.7 Å². The molecule has 1 saturated heterocycles. The lowest BCUT2D eigenvalue weighted by Gasteiger charge is -2.33. The third-order valence-corrected chi connectivity index (χ3v) is 4.34. The lowest BCUT2D eigenvalue weighted by atomic mass is 10.1. The van der Waals surface area contributed by atoms with E-state index in [-0.39, 0.29) is 0 Å². The molecular formula is C18H20N6O. The molecule has 0 amide bonds. The topological polar surface area (TPSA) is 80.0 Å². The lowest BCUT2D eigenvalue weighted by Crippen LogP contribution is -2.46. The Hall–Kier alpha value is -2.80. The molecule has 1 N–H and O–H groups in total. The molecule has 7 heteroatoms. The molecule has 2 aromatic heterocycles. The highest BCUT2D eigenvalue weighted by Gasteiger charge is 2.21. The summed E-state index contributed by atoms with van der Waals surface area (Å²) in [5, 5.41) is 15.8. The molecule has 1 aromatic carbocycles. The predicted octanol–water partition coefficient (Wildman–Crippen LogP) is 2.29. The monoisotopic (exact) mass is 336 g/mol. The van der Waals surface area contributed by atoms with Crippen LogP contribution in [0, 0.1) is 0 Å². The summed E-state index contributed by atoms with van der Waals surface area (Å²) in [6.45, 7) is 2.51. The zero-order valence-electron chi connectivity index (χ0n) is 13.9. The molecule has 0 spiro atoms. The summed E-state index contributed by atoms with van der Waals surface area (Å²) in [6, 6.07) is 14.1. The SMILES string of the molecule is c1ccc(-c2nc(CN[C@H]3CCCN(c4cccnn4)C3)no2)cc1. The number of piperidine rings is 1. The van der Waals surface area contributed by atoms with Crippen molar-refractivity contribution in [2.24, 2.45) is 0 Å². The second-order valence-corrected chi connectivity index (χ2v) is 6.13. The average molecular weight is 336 g/mol. The number of nitrogens with one attached hydrogen (secondary N) is 1. The van der Waals surface area contributed by atoms with Crippen LogP contribution in [0.3, 0.4) is 0 Å². The minimum Gasteiger partial charge on any atom is -0.354 e. The molecule has 0 radical (unpaired) electrons. The Kier molecular flexibility index (Phi) is 4.65. The van der Waals surface area contributed by atoms with Gasteiger partial charge in [0.15, 0.2) is 11.6 Å². The smallest absolute Gasteiger partial charge is 0.257 e. The first-order chi connectivity index (χ1) is 12.4. The Morgan fingerprint density at radius 2 is 2.08 bits per heavy atom. The first kappa shape index (κ1) is 15.7. The highest BCUT2D eigenvalue weighted by Crippen LogP contribution is 2.18. The van der Waals surface area contributed by atoms with E-state index in [1.807, 2.05) is 42.5 Å². The molecule has 3 heterocycles. The maximum Gasteiger partial charge on any atom is 0.257 e. The van der Waals surface area contributed by atoms with Gasteiger partial charge in [-0.05, 0) is 37.1 Å². The summed E-state index contributed by atoms with van der Waals surface area (Å²) in [7, 11) is 0. The van der Waals surface area contributed by atoms with Crippen LogP contribution in [0.4, 0.5) is 5.82 Å². The largest absolute Gasteiger partial charge is 0.354 e. The first-order valence-electron chi connectivity index (χ1n) is 8.52. The number of nitrogens with zero attached hydrogens (tertiary/aromatic N) is 5. The Bertz CT molecular complexity index is 792. The standard InChI is InChI=1S/C18H20N6O/c1-2-6-14(7-3-1)18-21-16(23-25-18)12-19-15-8-5-11-24(13-15)17-9-4-10-20-22-17/h1-4,6-7,9-10,15,19H,5,8,11-13H2/t15-/m0/s1. The van der Waals surface area contributed by atoms with Crippen molar-refractivity contribution in [1.82, 2.24) is 25.7 Å². The molecular weight excluding hydrogens is 316 g/mol. The minimum atomic E-state index is 0.370. The van der Waals surface area contributed by atoms with E-state index in [2.05, 4.69) is 30.6 Å². The number of aromatic nitrogens is 4. The Labute approximate surface area is 146 Å². The average Bonchev–Trinajstić information content (AvgIpc) is 3.17. The summed E-state index contributed by atoms with van der Waals surface area (Å²) in [5.41, 5.74) is 0.938. The van der Waals surface area contributed by atoms with Crippen molar-refractivity contribution in [3.63, 3.8) is 0 Å². The van der Waals surface area contributed by atoms with Crippen LogP contribution in [-0.2, 0) is 6.54 Å². The third-order valence-electron chi connectivity index (χ3n) is 4.34. The molecule has 1 fully saturated rings. The number of benzene rings is 1. The van der Waals surface area contributed by atoms with Gasteiger partial charge in [-0.3, -0.25) is 0 Å². The Morgan fingerprint density at radius 3 is 2.92 bits per heavy atom. The van der Waals surface area contributed by atoms with Crippen molar-refractivity contribution >= 4 is 5.82 Å². The van der Waals surface area contributed by atoms with Gasteiger partial charge >= 0.3 is 0 Å². The van der Waals surface area contributed by atoms with E-state index in [1.165, 1.54) is 0 Å². The van der Waals surface area contributed by atoms with Crippen molar-refractivity contribution in [2.45, 2.75) is 25.4 Å². The van der Waals surface area contributed by atoms with Crippen molar-refractivity contribution < 1.29 is 4.52 Å². The molecule has 0 unspecified atom stereocenters. The van der Waals surface area contributed by atoms with E-state index in [9.17, 15) is 0 Å². The summed E-state index contributed by atoms with van der Waals surface area (Å²) in [5.74, 6) is 2.16. The third kappa shape index (κ3) is 3.83. The fraction of sp³-hybridized carbons (Fsp3) is 0.333. The van der Waals surface area contributed by atoms with Crippen molar-refractivity contribution in [3.8, 4) is 11.5 Å². The van der Waals surface area contributed by atoms with Gasteiger partial charge in [-0.1, -0.05) is 23.4 Å². The first-order valence-corrected chi connectivity index (χ1v) is 8.52. The van der Waals surface area contributed by atoms with E-state index in [1.54, 1.807) is 6.20 Å². The zero-order valence-corrected chi connectivity index (χ0v) is 13.9. The van der Waals surface area contributed by atoms with Crippen LogP contribution in [0.25, 0.3) is 11.5 Å². The number of hydrogen-bond acceptors (Lipinski definition) is 7. The minimum absolute atomic E-state index is 0.370. The van der Waals surface area contributed by atoms with Gasteiger partial charge in [-0.25, -0.2) is 0 Å².